The van der Waals surface area contributed by atoms with Crippen molar-refractivity contribution in [2.75, 3.05) is 20.6 Å². The summed E-state index contributed by atoms with van der Waals surface area (Å²) in [4.78, 5) is 4.14. The molecule has 0 radical (unpaired) electrons. The Balaban J connectivity index is 2.29. The molecule has 0 aliphatic rings. The van der Waals surface area contributed by atoms with Crippen molar-refractivity contribution in [2.45, 2.75) is 13.5 Å². The first-order chi connectivity index (χ1) is 5.70. The van der Waals surface area contributed by atoms with Crippen LogP contribution >= 0.6 is 0 Å². The van der Waals surface area contributed by atoms with E-state index in [0.717, 1.165) is 18.9 Å². The Hall–Kier alpha value is -0.870. The summed E-state index contributed by atoms with van der Waals surface area (Å²) in [6.07, 6.45) is 3.82. The summed E-state index contributed by atoms with van der Waals surface area (Å²) in [5, 5.41) is 1.95. The van der Waals surface area contributed by atoms with Crippen LogP contribution < -0.4 is 5.43 Å². The number of hydrazine groups is 1. The fourth-order valence-electron chi connectivity index (χ4n) is 1.03. The first-order valence-electron chi connectivity index (χ1n) is 4.08. The zero-order valence-electron chi connectivity index (χ0n) is 7.91. The molecule has 0 saturated heterocycles. The van der Waals surface area contributed by atoms with E-state index in [4.69, 9.17) is 0 Å². The van der Waals surface area contributed by atoms with Gasteiger partial charge in [0.25, 0.3) is 0 Å². The summed E-state index contributed by atoms with van der Waals surface area (Å²) < 4.78 is 2.12. The van der Waals surface area contributed by atoms with Crippen LogP contribution in [0.4, 0.5) is 0 Å². The number of aryl methyl sites for hydroxylation is 1. The van der Waals surface area contributed by atoms with Gasteiger partial charge in [-0.15, -0.1) is 0 Å². The van der Waals surface area contributed by atoms with Crippen LogP contribution in [0.3, 0.4) is 0 Å². The summed E-state index contributed by atoms with van der Waals surface area (Å²) in [5.74, 6) is 1.07. The molecule has 1 heterocycles. The predicted octanol–water partition coefficient (Wildman–Crippen LogP) is 0.258. The minimum Gasteiger partial charge on any atom is -0.334 e. The summed E-state index contributed by atoms with van der Waals surface area (Å²) in [7, 11) is 3.97. The summed E-state index contributed by atoms with van der Waals surface area (Å²) in [6.45, 7) is 3.91. The minimum atomic E-state index is 0.935. The number of aromatic nitrogens is 2. The smallest absolute Gasteiger partial charge is 0.105 e. The van der Waals surface area contributed by atoms with Crippen molar-refractivity contribution in [3.05, 3.63) is 18.2 Å². The van der Waals surface area contributed by atoms with E-state index < -0.39 is 0 Å². The Bertz CT molecular complexity index is 229. The second kappa shape index (κ2) is 4.23. The van der Waals surface area contributed by atoms with E-state index in [1.54, 1.807) is 0 Å². The Morgan fingerprint density at radius 3 is 2.83 bits per heavy atom. The van der Waals surface area contributed by atoms with E-state index in [0.29, 0.717) is 0 Å². The van der Waals surface area contributed by atoms with Crippen LogP contribution in [0.2, 0.25) is 0 Å². The van der Waals surface area contributed by atoms with Crippen molar-refractivity contribution in [1.82, 2.24) is 20.0 Å². The molecule has 1 rings (SSSR count). The maximum Gasteiger partial charge on any atom is 0.105 e. The second-order valence-corrected chi connectivity index (χ2v) is 2.97. The first kappa shape index (κ1) is 9.22. The van der Waals surface area contributed by atoms with Gasteiger partial charge in [0.1, 0.15) is 5.82 Å². The van der Waals surface area contributed by atoms with Crippen LogP contribution in [0, 0.1) is 6.92 Å². The molecular formula is C8H16N4. The largest absolute Gasteiger partial charge is 0.334 e. The van der Waals surface area contributed by atoms with Crippen LogP contribution in [-0.4, -0.2) is 35.2 Å². The number of imidazole rings is 1. The van der Waals surface area contributed by atoms with Crippen molar-refractivity contribution >= 4 is 0 Å². The molecule has 1 aromatic rings. The standard InChI is InChI=1S/C8H16N4/c1-8-9-4-6-12(8)7-5-10-11(2)3/h4,6,10H,5,7H2,1-3H3. The summed E-state index contributed by atoms with van der Waals surface area (Å²) >= 11 is 0. The third-order valence-corrected chi connectivity index (χ3v) is 1.70. The van der Waals surface area contributed by atoms with Crippen molar-refractivity contribution in [3.8, 4) is 0 Å². The lowest BCUT2D eigenvalue weighted by Gasteiger charge is -2.12. The molecule has 1 N–H and O–H groups in total. The molecule has 0 bridgehead atoms. The van der Waals surface area contributed by atoms with Gasteiger partial charge in [-0.05, 0) is 6.92 Å². The molecule has 0 unspecified atom stereocenters. The number of hydrogen-bond acceptors (Lipinski definition) is 3. The molecule has 0 fully saturated rings. The van der Waals surface area contributed by atoms with Gasteiger partial charge in [0.15, 0.2) is 0 Å². The first-order valence-corrected chi connectivity index (χ1v) is 4.08. The SMILES string of the molecule is Cc1nccn1CCNN(C)C. The predicted molar refractivity (Wildman–Crippen MR) is 48.7 cm³/mol. The van der Waals surface area contributed by atoms with Gasteiger partial charge in [-0.25, -0.2) is 4.98 Å². The second-order valence-electron chi connectivity index (χ2n) is 2.97. The number of nitrogens with one attached hydrogen (secondary N) is 1. The lowest BCUT2D eigenvalue weighted by molar-refractivity contribution is 0.283. The fourth-order valence-corrected chi connectivity index (χ4v) is 1.03. The molecule has 0 amide bonds. The Morgan fingerprint density at radius 2 is 2.33 bits per heavy atom. The van der Waals surface area contributed by atoms with E-state index in [1.807, 2.05) is 38.4 Å². The minimum absolute atomic E-state index is 0.935. The molecule has 0 aliphatic heterocycles. The average molecular weight is 168 g/mol. The van der Waals surface area contributed by atoms with Crippen LogP contribution in [0.25, 0.3) is 0 Å². The fraction of sp³-hybridized carbons (Fsp3) is 0.625. The lowest BCUT2D eigenvalue weighted by atomic mass is 10.6. The molecule has 0 spiro atoms. The molecule has 12 heavy (non-hydrogen) atoms. The molecule has 1 aromatic heterocycles. The van der Waals surface area contributed by atoms with Gasteiger partial charge in [-0.2, -0.15) is 0 Å². The number of rotatable bonds is 4. The van der Waals surface area contributed by atoms with Gasteiger partial charge in [-0.3, -0.25) is 10.4 Å². The topological polar surface area (TPSA) is 33.1 Å². The van der Waals surface area contributed by atoms with E-state index in [-0.39, 0.29) is 0 Å². The highest BCUT2D eigenvalue weighted by atomic mass is 15.5. The Labute approximate surface area is 73.2 Å². The zero-order chi connectivity index (χ0) is 8.97. The number of hydrogen-bond donors (Lipinski definition) is 1. The zero-order valence-corrected chi connectivity index (χ0v) is 7.91. The van der Waals surface area contributed by atoms with Crippen LogP contribution in [0.5, 0.6) is 0 Å². The van der Waals surface area contributed by atoms with Crippen molar-refractivity contribution in [2.24, 2.45) is 0 Å². The molecule has 0 atom stereocenters. The van der Waals surface area contributed by atoms with E-state index in [2.05, 4.69) is 15.0 Å². The Kier molecular flexibility index (Phi) is 3.25. The average Bonchev–Trinajstić information content (AvgIpc) is 2.36. The molecule has 4 heteroatoms. The van der Waals surface area contributed by atoms with Crippen molar-refractivity contribution < 1.29 is 0 Å². The Morgan fingerprint density at radius 1 is 1.58 bits per heavy atom. The van der Waals surface area contributed by atoms with E-state index in [1.165, 1.54) is 0 Å². The van der Waals surface area contributed by atoms with Gasteiger partial charge in [0.05, 0.1) is 0 Å². The molecule has 0 aliphatic carbocycles. The van der Waals surface area contributed by atoms with Gasteiger partial charge >= 0.3 is 0 Å². The third kappa shape index (κ3) is 2.64. The van der Waals surface area contributed by atoms with Crippen LogP contribution in [0.1, 0.15) is 5.82 Å². The highest BCUT2D eigenvalue weighted by Gasteiger charge is 1.95. The summed E-state index contributed by atoms with van der Waals surface area (Å²) in [6, 6.07) is 0. The molecule has 68 valence electrons. The molecular weight excluding hydrogens is 152 g/mol. The maximum absolute atomic E-state index is 4.14. The number of nitrogens with zero attached hydrogens (tertiary/aromatic N) is 3. The monoisotopic (exact) mass is 168 g/mol. The van der Waals surface area contributed by atoms with Gasteiger partial charge in [0, 0.05) is 39.6 Å². The quantitative estimate of drug-likeness (QED) is 0.655. The molecule has 4 nitrogen and oxygen atoms in total. The highest BCUT2D eigenvalue weighted by molar-refractivity contribution is 4.88. The van der Waals surface area contributed by atoms with Crippen LogP contribution in [0.15, 0.2) is 12.4 Å². The molecule has 0 saturated carbocycles. The van der Waals surface area contributed by atoms with Gasteiger partial charge in [-0.1, -0.05) is 0 Å². The van der Waals surface area contributed by atoms with E-state index >= 15 is 0 Å². The summed E-state index contributed by atoms with van der Waals surface area (Å²) in [5.41, 5.74) is 3.20. The normalized spacial score (nSPS) is 11.0. The third-order valence-electron chi connectivity index (χ3n) is 1.70. The van der Waals surface area contributed by atoms with Crippen LogP contribution in [-0.2, 0) is 6.54 Å². The lowest BCUT2D eigenvalue weighted by Crippen LogP contribution is -2.33. The van der Waals surface area contributed by atoms with E-state index in [9.17, 15) is 0 Å². The maximum atomic E-state index is 4.14. The van der Waals surface area contributed by atoms with Gasteiger partial charge < -0.3 is 4.57 Å². The van der Waals surface area contributed by atoms with Gasteiger partial charge in [0.2, 0.25) is 0 Å². The van der Waals surface area contributed by atoms with Crippen molar-refractivity contribution in [1.29, 1.82) is 0 Å². The highest BCUT2D eigenvalue weighted by Crippen LogP contribution is 1.92. The molecule has 0 aromatic carbocycles. The van der Waals surface area contributed by atoms with Crippen molar-refractivity contribution in [3.63, 3.8) is 0 Å².